The molecule has 0 fully saturated rings. The molecule has 0 aliphatic rings. The molecule has 0 aliphatic heterocycles. The highest BCUT2D eigenvalue weighted by molar-refractivity contribution is 6.02. The van der Waals surface area contributed by atoms with Crippen LogP contribution >= 0.6 is 0 Å². The van der Waals surface area contributed by atoms with E-state index in [1.807, 2.05) is 18.2 Å². The summed E-state index contributed by atoms with van der Waals surface area (Å²) < 4.78 is 0. The van der Waals surface area contributed by atoms with Crippen LogP contribution in [-0.2, 0) is 9.59 Å². The molecule has 3 amide bonds. The summed E-state index contributed by atoms with van der Waals surface area (Å²) in [5.74, 6) is -1.91. The lowest BCUT2D eigenvalue weighted by molar-refractivity contribution is -0.139. The third-order valence-electron chi connectivity index (χ3n) is 3.59. The number of hydrogen-bond donors (Lipinski definition) is 3. The minimum absolute atomic E-state index is 0.0254. The van der Waals surface area contributed by atoms with E-state index in [1.54, 1.807) is 18.2 Å². The number of phenolic OH excluding ortho intramolecular Hbond substituents is 1. The monoisotopic (exact) mass is 354 g/mol. The maximum atomic E-state index is 12.2. The third kappa shape index (κ3) is 4.94. The highest BCUT2D eigenvalue weighted by Gasteiger charge is 2.25. The predicted molar refractivity (Wildman–Crippen MR) is 95.3 cm³/mol. The lowest BCUT2D eigenvalue weighted by Gasteiger charge is -2.19. The molecule has 1 unspecified atom stereocenters. The van der Waals surface area contributed by atoms with Gasteiger partial charge in [-0.1, -0.05) is 42.5 Å². The summed E-state index contributed by atoms with van der Waals surface area (Å²) in [5, 5.41) is 20.9. The topological polar surface area (TPSA) is 107 Å². The molecule has 2 aromatic carbocycles. The van der Waals surface area contributed by atoms with E-state index in [9.17, 15) is 24.6 Å². The first-order chi connectivity index (χ1) is 12.4. The zero-order valence-corrected chi connectivity index (χ0v) is 14.0. The number of rotatable bonds is 5. The van der Waals surface area contributed by atoms with Gasteiger partial charge >= 0.3 is 12.0 Å². The van der Waals surface area contributed by atoms with Crippen LogP contribution in [-0.4, -0.2) is 40.1 Å². The number of aliphatic carboxylic acids is 1. The minimum atomic E-state index is -1.35. The number of benzene rings is 2. The number of nitrogens with one attached hydrogen (secondary N) is 1. The molecule has 26 heavy (non-hydrogen) atoms. The fraction of sp³-hybridized carbons (Fsp3) is 0.105. The van der Waals surface area contributed by atoms with Gasteiger partial charge in [0.15, 0.2) is 6.04 Å². The van der Waals surface area contributed by atoms with Gasteiger partial charge in [0.2, 0.25) is 0 Å². The number of carboxylic acids is 1. The summed E-state index contributed by atoms with van der Waals surface area (Å²) in [6.45, 7) is 0. The maximum Gasteiger partial charge on any atom is 0.330 e. The summed E-state index contributed by atoms with van der Waals surface area (Å²) in [6, 6.07) is 12.3. The molecule has 134 valence electrons. The highest BCUT2D eigenvalue weighted by Crippen LogP contribution is 2.17. The molecule has 0 bridgehead atoms. The normalized spacial score (nSPS) is 11.7. The van der Waals surface area contributed by atoms with E-state index in [0.29, 0.717) is 0 Å². The van der Waals surface area contributed by atoms with Gasteiger partial charge in [0.25, 0.3) is 5.91 Å². The molecule has 0 saturated heterocycles. The van der Waals surface area contributed by atoms with Gasteiger partial charge in [0.1, 0.15) is 5.75 Å². The second kappa shape index (κ2) is 8.48. The van der Waals surface area contributed by atoms with E-state index in [4.69, 9.17) is 0 Å². The van der Waals surface area contributed by atoms with Crippen LogP contribution in [0.1, 0.15) is 17.2 Å². The standard InChI is InChI=1S/C19H18N2O5/c1-21(16(23)12-7-13-5-3-2-4-6-13)19(26)20-17(18(24)25)14-8-10-15(22)11-9-14/h2-12,17,22H,1H3,(H,20,26)(H,24,25). The van der Waals surface area contributed by atoms with Gasteiger partial charge in [-0.25, -0.2) is 9.59 Å². The molecule has 7 heteroatoms. The number of nitrogens with zero attached hydrogens (tertiary/aromatic N) is 1. The molecule has 0 spiro atoms. The van der Waals surface area contributed by atoms with Gasteiger partial charge in [0, 0.05) is 13.1 Å². The molecule has 7 nitrogen and oxygen atoms in total. The second-order valence-corrected chi connectivity index (χ2v) is 5.45. The Morgan fingerprint density at radius 2 is 1.65 bits per heavy atom. The fourth-order valence-electron chi connectivity index (χ4n) is 2.12. The van der Waals surface area contributed by atoms with Crippen molar-refractivity contribution in [3.8, 4) is 5.75 Å². The van der Waals surface area contributed by atoms with Crippen LogP contribution in [0.25, 0.3) is 6.08 Å². The molecule has 0 saturated carbocycles. The summed E-state index contributed by atoms with van der Waals surface area (Å²) >= 11 is 0. The molecule has 0 aliphatic carbocycles. The molecule has 3 N–H and O–H groups in total. The van der Waals surface area contributed by atoms with Gasteiger partial charge < -0.3 is 15.5 Å². The SMILES string of the molecule is CN(C(=O)C=Cc1ccccc1)C(=O)NC(C(=O)O)c1ccc(O)cc1. The van der Waals surface area contributed by atoms with Crippen molar-refractivity contribution >= 4 is 24.0 Å². The number of carbonyl (C=O) groups is 3. The molecule has 1 atom stereocenters. The quantitative estimate of drug-likeness (QED) is 0.715. The van der Waals surface area contributed by atoms with Crippen molar-refractivity contribution in [2.45, 2.75) is 6.04 Å². The summed E-state index contributed by atoms with van der Waals surface area (Å²) in [5.41, 5.74) is 1.06. The number of amides is 3. The van der Waals surface area contributed by atoms with Crippen molar-refractivity contribution in [3.05, 3.63) is 71.8 Å². The molecule has 2 aromatic rings. The Bertz CT molecular complexity index is 816. The number of carboxylic acid groups (broad SMARTS) is 1. The largest absolute Gasteiger partial charge is 0.508 e. The van der Waals surface area contributed by atoms with Crippen molar-refractivity contribution in [2.75, 3.05) is 7.05 Å². The van der Waals surface area contributed by atoms with Crippen LogP contribution in [0.3, 0.4) is 0 Å². The number of imide groups is 1. The smallest absolute Gasteiger partial charge is 0.330 e. The van der Waals surface area contributed by atoms with Crippen LogP contribution < -0.4 is 5.32 Å². The Morgan fingerprint density at radius 3 is 2.23 bits per heavy atom. The number of urea groups is 1. The van der Waals surface area contributed by atoms with E-state index in [1.165, 1.54) is 37.4 Å². The number of phenols is 1. The van der Waals surface area contributed by atoms with Gasteiger partial charge in [-0.3, -0.25) is 9.69 Å². The number of aromatic hydroxyl groups is 1. The average molecular weight is 354 g/mol. The first-order valence-electron chi connectivity index (χ1n) is 7.71. The van der Waals surface area contributed by atoms with E-state index < -0.39 is 23.9 Å². The Labute approximate surface area is 150 Å². The van der Waals surface area contributed by atoms with Gasteiger partial charge in [-0.2, -0.15) is 0 Å². The van der Waals surface area contributed by atoms with Crippen molar-refractivity contribution in [3.63, 3.8) is 0 Å². The Hall–Kier alpha value is -3.61. The highest BCUT2D eigenvalue weighted by atomic mass is 16.4. The molecule has 2 rings (SSSR count). The van der Waals surface area contributed by atoms with Crippen molar-refractivity contribution < 1.29 is 24.6 Å². The third-order valence-corrected chi connectivity index (χ3v) is 3.59. The lowest BCUT2D eigenvalue weighted by Crippen LogP contribution is -2.44. The maximum absolute atomic E-state index is 12.2. The molecule has 0 heterocycles. The average Bonchev–Trinajstić information content (AvgIpc) is 2.64. The second-order valence-electron chi connectivity index (χ2n) is 5.45. The van der Waals surface area contributed by atoms with Crippen LogP contribution in [0.4, 0.5) is 4.79 Å². The number of hydrogen-bond acceptors (Lipinski definition) is 4. The number of likely N-dealkylation sites (N-methyl/N-ethyl adjacent to an activating group) is 1. The van der Waals surface area contributed by atoms with E-state index in [2.05, 4.69) is 5.32 Å². The van der Waals surface area contributed by atoms with Crippen LogP contribution in [0.5, 0.6) is 5.75 Å². The lowest BCUT2D eigenvalue weighted by atomic mass is 10.1. The van der Waals surface area contributed by atoms with Crippen molar-refractivity contribution in [1.29, 1.82) is 0 Å². The first-order valence-corrected chi connectivity index (χ1v) is 7.71. The zero-order chi connectivity index (χ0) is 19.1. The van der Waals surface area contributed by atoms with Gasteiger partial charge in [0.05, 0.1) is 0 Å². The Morgan fingerprint density at radius 1 is 1.04 bits per heavy atom. The molecule has 0 radical (unpaired) electrons. The molecular weight excluding hydrogens is 336 g/mol. The van der Waals surface area contributed by atoms with Crippen molar-refractivity contribution in [2.24, 2.45) is 0 Å². The summed E-state index contributed by atoms with van der Waals surface area (Å²) in [7, 11) is 1.25. The fourth-order valence-corrected chi connectivity index (χ4v) is 2.12. The van der Waals surface area contributed by atoms with E-state index in [-0.39, 0.29) is 11.3 Å². The molecular formula is C19H18N2O5. The van der Waals surface area contributed by atoms with Crippen LogP contribution in [0, 0.1) is 0 Å². The van der Waals surface area contributed by atoms with E-state index >= 15 is 0 Å². The Balaban J connectivity index is 2.06. The predicted octanol–water partition coefficient (Wildman–Crippen LogP) is 2.40. The van der Waals surface area contributed by atoms with Crippen LogP contribution in [0.15, 0.2) is 60.7 Å². The molecule has 0 aromatic heterocycles. The van der Waals surface area contributed by atoms with Crippen LogP contribution in [0.2, 0.25) is 0 Å². The number of carbonyl (C=O) groups excluding carboxylic acids is 2. The first kappa shape index (κ1) is 18.7. The zero-order valence-electron chi connectivity index (χ0n) is 14.0. The minimum Gasteiger partial charge on any atom is -0.508 e. The Kier molecular flexibility index (Phi) is 6.10. The van der Waals surface area contributed by atoms with Gasteiger partial charge in [-0.05, 0) is 29.3 Å². The van der Waals surface area contributed by atoms with Crippen molar-refractivity contribution in [1.82, 2.24) is 10.2 Å². The summed E-state index contributed by atoms with van der Waals surface area (Å²) in [4.78, 5) is 36.5. The van der Waals surface area contributed by atoms with E-state index in [0.717, 1.165) is 10.5 Å². The van der Waals surface area contributed by atoms with Gasteiger partial charge in [-0.15, -0.1) is 0 Å². The summed E-state index contributed by atoms with van der Waals surface area (Å²) in [6.07, 6.45) is 2.78.